The fraction of sp³-hybridized carbons (Fsp3) is 0.385. The maximum Gasteiger partial charge on any atom is 0.126 e. The molecule has 2 heterocycles. The van der Waals surface area contributed by atoms with Gasteiger partial charge in [0.2, 0.25) is 0 Å². The first kappa shape index (κ1) is 13.0. The molecule has 2 aromatic rings. The summed E-state index contributed by atoms with van der Waals surface area (Å²) in [5, 5.41) is 3.11. The average Bonchev–Trinajstić information content (AvgIpc) is 2.78. The minimum absolute atomic E-state index is 0.670. The van der Waals surface area contributed by atoms with Crippen molar-refractivity contribution in [1.82, 2.24) is 15.3 Å². The van der Waals surface area contributed by atoms with E-state index in [0.29, 0.717) is 6.61 Å². The number of nitrogens with one attached hydrogen (secondary N) is 1. The average molecular weight is 263 g/mol. The molecule has 0 aliphatic heterocycles. The third kappa shape index (κ3) is 3.27. The topological polar surface area (TPSA) is 47.0 Å². The van der Waals surface area contributed by atoms with Crippen molar-refractivity contribution in [2.24, 2.45) is 0 Å². The van der Waals surface area contributed by atoms with Crippen LogP contribution in [0, 0.1) is 6.92 Å². The van der Waals surface area contributed by atoms with Crippen LogP contribution in [-0.4, -0.2) is 23.6 Å². The molecule has 0 saturated carbocycles. The number of rotatable bonds is 6. The van der Waals surface area contributed by atoms with Gasteiger partial charge in [-0.2, -0.15) is 0 Å². The van der Waals surface area contributed by atoms with Crippen molar-refractivity contribution in [3.8, 4) is 5.75 Å². The molecule has 2 aromatic heterocycles. The molecule has 5 heteroatoms. The van der Waals surface area contributed by atoms with E-state index in [0.717, 1.165) is 30.0 Å². The first-order valence-corrected chi connectivity index (χ1v) is 6.78. The Hall–Kier alpha value is -1.46. The second kappa shape index (κ2) is 6.47. The number of aromatic nitrogens is 2. The minimum Gasteiger partial charge on any atom is -0.493 e. The Kier molecular flexibility index (Phi) is 4.66. The first-order valence-electron chi connectivity index (χ1n) is 5.90. The molecule has 0 fully saturated rings. The summed E-state index contributed by atoms with van der Waals surface area (Å²) in [5.74, 6) is 0.904. The van der Waals surface area contributed by atoms with E-state index in [-0.39, 0.29) is 0 Å². The summed E-state index contributed by atoms with van der Waals surface area (Å²) < 4.78 is 5.82. The van der Waals surface area contributed by atoms with Crippen molar-refractivity contribution in [1.29, 1.82) is 0 Å². The molecule has 0 bridgehead atoms. The molecule has 0 aliphatic rings. The molecule has 2 rings (SSSR count). The Labute approximate surface area is 111 Å². The van der Waals surface area contributed by atoms with Gasteiger partial charge >= 0.3 is 0 Å². The summed E-state index contributed by atoms with van der Waals surface area (Å²) in [6, 6.07) is 1.91. The van der Waals surface area contributed by atoms with Crippen molar-refractivity contribution >= 4 is 11.3 Å². The molecule has 0 unspecified atom stereocenters. The normalized spacial score (nSPS) is 10.6. The molecular formula is C13H17N3OS. The molecule has 0 atom stereocenters. The van der Waals surface area contributed by atoms with Crippen molar-refractivity contribution < 1.29 is 4.74 Å². The fourth-order valence-corrected chi connectivity index (χ4v) is 2.46. The lowest BCUT2D eigenvalue weighted by Gasteiger charge is -2.10. The fourth-order valence-electron chi connectivity index (χ4n) is 1.70. The van der Waals surface area contributed by atoms with Crippen LogP contribution in [-0.2, 0) is 13.0 Å². The molecule has 18 heavy (non-hydrogen) atoms. The van der Waals surface area contributed by atoms with Gasteiger partial charge in [0, 0.05) is 35.8 Å². The lowest BCUT2D eigenvalue weighted by molar-refractivity contribution is 0.318. The van der Waals surface area contributed by atoms with Crippen molar-refractivity contribution in [2.75, 3.05) is 13.7 Å². The van der Waals surface area contributed by atoms with Gasteiger partial charge in [0.05, 0.1) is 17.8 Å². The predicted octanol–water partition coefficient (Wildman–Crippen LogP) is 2.19. The zero-order chi connectivity index (χ0) is 12.8. The largest absolute Gasteiger partial charge is 0.493 e. The summed E-state index contributed by atoms with van der Waals surface area (Å²) in [5.41, 5.74) is 4.07. The number of ether oxygens (including phenoxy) is 1. The number of hydrogen-bond acceptors (Lipinski definition) is 5. The molecule has 0 aromatic carbocycles. The van der Waals surface area contributed by atoms with Gasteiger partial charge in [0.25, 0.3) is 0 Å². The van der Waals surface area contributed by atoms with Gasteiger partial charge in [-0.1, -0.05) is 0 Å². The van der Waals surface area contributed by atoms with E-state index in [9.17, 15) is 0 Å². The zero-order valence-electron chi connectivity index (χ0n) is 10.6. The zero-order valence-corrected chi connectivity index (χ0v) is 11.5. The minimum atomic E-state index is 0.670. The van der Waals surface area contributed by atoms with E-state index in [4.69, 9.17) is 4.74 Å². The molecule has 1 N–H and O–H groups in total. The van der Waals surface area contributed by atoms with Crippen LogP contribution < -0.4 is 10.1 Å². The molecule has 96 valence electrons. The maximum atomic E-state index is 5.82. The molecule has 4 nitrogen and oxygen atoms in total. The highest BCUT2D eigenvalue weighted by molar-refractivity contribution is 7.09. The predicted molar refractivity (Wildman–Crippen MR) is 73.1 cm³/mol. The van der Waals surface area contributed by atoms with Crippen LogP contribution in [0.15, 0.2) is 24.0 Å². The van der Waals surface area contributed by atoms with Gasteiger partial charge in [0.15, 0.2) is 0 Å². The number of thiazole rings is 1. The van der Waals surface area contributed by atoms with Crippen molar-refractivity contribution in [3.63, 3.8) is 0 Å². The quantitative estimate of drug-likeness (QED) is 0.868. The lowest BCUT2D eigenvalue weighted by Crippen LogP contribution is -2.09. The van der Waals surface area contributed by atoms with E-state index in [1.165, 1.54) is 4.88 Å². The van der Waals surface area contributed by atoms with Gasteiger partial charge < -0.3 is 10.1 Å². The molecule has 0 aliphatic carbocycles. The summed E-state index contributed by atoms with van der Waals surface area (Å²) in [7, 11) is 1.91. The Balaban J connectivity index is 1.92. The summed E-state index contributed by atoms with van der Waals surface area (Å²) in [6.45, 7) is 3.47. The maximum absolute atomic E-state index is 5.82. The Morgan fingerprint density at radius 1 is 1.44 bits per heavy atom. The van der Waals surface area contributed by atoms with Crippen LogP contribution >= 0.6 is 11.3 Å². The third-order valence-electron chi connectivity index (χ3n) is 2.66. The van der Waals surface area contributed by atoms with Crippen LogP contribution in [0.4, 0.5) is 0 Å². The smallest absolute Gasteiger partial charge is 0.126 e. The molecule has 0 saturated heterocycles. The van der Waals surface area contributed by atoms with Gasteiger partial charge in [-0.3, -0.25) is 4.98 Å². The molecule has 0 spiro atoms. The Bertz CT molecular complexity index is 498. The number of aryl methyl sites for hydroxylation is 1. The number of nitrogens with zero attached hydrogens (tertiary/aromatic N) is 2. The summed E-state index contributed by atoms with van der Waals surface area (Å²) >= 11 is 1.68. The molecular weight excluding hydrogens is 246 g/mol. The van der Waals surface area contributed by atoms with Crippen LogP contribution in [0.1, 0.15) is 16.1 Å². The number of pyridine rings is 1. The van der Waals surface area contributed by atoms with Crippen LogP contribution in [0.25, 0.3) is 0 Å². The van der Waals surface area contributed by atoms with Gasteiger partial charge in [0.1, 0.15) is 5.75 Å². The first-order chi connectivity index (χ1) is 8.81. The van der Waals surface area contributed by atoms with Crippen LogP contribution in [0.5, 0.6) is 5.75 Å². The van der Waals surface area contributed by atoms with Crippen molar-refractivity contribution in [3.05, 3.63) is 40.1 Å². The van der Waals surface area contributed by atoms with Crippen LogP contribution in [0.3, 0.4) is 0 Å². The summed E-state index contributed by atoms with van der Waals surface area (Å²) in [4.78, 5) is 9.63. The summed E-state index contributed by atoms with van der Waals surface area (Å²) in [6.07, 6.45) is 4.49. The van der Waals surface area contributed by atoms with Gasteiger partial charge in [-0.15, -0.1) is 11.3 Å². The second-order valence-electron chi connectivity index (χ2n) is 3.97. The van der Waals surface area contributed by atoms with Gasteiger partial charge in [-0.25, -0.2) is 4.98 Å². The second-order valence-corrected chi connectivity index (χ2v) is 4.91. The monoisotopic (exact) mass is 263 g/mol. The van der Waals surface area contributed by atoms with E-state index in [1.54, 1.807) is 17.5 Å². The third-order valence-corrected chi connectivity index (χ3v) is 3.65. The lowest BCUT2D eigenvalue weighted by atomic mass is 10.2. The Morgan fingerprint density at radius 3 is 3.06 bits per heavy atom. The van der Waals surface area contributed by atoms with E-state index in [2.05, 4.69) is 15.3 Å². The number of hydrogen-bond donors (Lipinski definition) is 1. The highest BCUT2D eigenvalue weighted by Gasteiger charge is 2.05. The van der Waals surface area contributed by atoms with Gasteiger partial charge in [-0.05, 0) is 20.0 Å². The van der Waals surface area contributed by atoms with E-state index >= 15 is 0 Å². The van der Waals surface area contributed by atoms with Crippen LogP contribution in [0.2, 0.25) is 0 Å². The molecule has 0 amide bonds. The van der Waals surface area contributed by atoms with Crippen molar-refractivity contribution in [2.45, 2.75) is 19.9 Å². The molecule has 0 radical (unpaired) electrons. The Morgan fingerprint density at radius 2 is 2.33 bits per heavy atom. The highest BCUT2D eigenvalue weighted by atomic mass is 32.1. The van der Waals surface area contributed by atoms with E-state index < -0.39 is 0 Å². The van der Waals surface area contributed by atoms with E-state index in [1.807, 2.05) is 31.7 Å². The standard InChI is InChI=1S/C13H17N3OS/c1-10-13(18-9-16-10)4-6-17-12-3-5-15-8-11(12)7-14-2/h3,5,8-9,14H,4,6-7H2,1-2H3. The SMILES string of the molecule is CNCc1cnccc1OCCc1scnc1C. The highest BCUT2D eigenvalue weighted by Crippen LogP contribution is 2.18.